The molecule has 1 heterocycles. The summed E-state index contributed by atoms with van der Waals surface area (Å²) in [4.78, 5) is 14.5. The van der Waals surface area contributed by atoms with E-state index >= 15 is 0 Å². The molecule has 1 aliphatic heterocycles. The quantitative estimate of drug-likeness (QED) is 0.654. The monoisotopic (exact) mass is 419 g/mol. The maximum atomic E-state index is 12.8. The van der Waals surface area contributed by atoms with Crippen molar-refractivity contribution in [1.82, 2.24) is 0 Å². The predicted octanol–water partition coefficient (Wildman–Crippen LogP) is 2.61. The Bertz CT molecular complexity index is 971. The zero-order chi connectivity index (χ0) is 21.0. The fraction of sp³-hybridized carbons (Fsp3) is 0.381. The van der Waals surface area contributed by atoms with Gasteiger partial charge in [0.2, 0.25) is 0 Å². The fourth-order valence-corrected chi connectivity index (χ4v) is 3.43. The van der Waals surface area contributed by atoms with E-state index in [1.165, 1.54) is 7.11 Å². The average molecular weight is 419 g/mol. The van der Waals surface area contributed by atoms with E-state index in [1.807, 2.05) is 31.2 Å². The van der Waals surface area contributed by atoms with Gasteiger partial charge in [-0.05, 0) is 31.2 Å². The molecule has 1 saturated heterocycles. The van der Waals surface area contributed by atoms with Crippen LogP contribution in [0.1, 0.15) is 12.0 Å². The summed E-state index contributed by atoms with van der Waals surface area (Å²) < 4.78 is 39.2. The van der Waals surface area contributed by atoms with Crippen molar-refractivity contribution < 1.29 is 27.4 Å². The number of hydrogen-bond acceptors (Lipinski definition) is 6. The highest BCUT2D eigenvalue weighted by molar-refractivity contribution is 7.90. The molecule has 29 heavy (non-hydrogen) atoms. The second kappa shape index (κ2) is 8.73. The number of amides is 1. The van der Waals surface area contributed by atoms with Gasteiger partial charge in [0.15, 0.2) is 27.4 Å². The molecule has 1 aliphatic rings. The molecule has 3 rings (SSSR count). The summed E-state index contributed by atoms with van der Waals surface area (Å²) in [5.74, 6) is 1.34. The molecule has 0 spiro atoms. The fourth-order valence-electron chi connectivity index (χ4n) is 3.05. The Morgan fingerprint density at radius 3 is 2.48 bits per heavy atom. The summed E-state index contributed by atoms with van der Waals surface area (Å²) in [5, 5.41) is 0. The third-order valence-corrected chi connectivity index (χ3v) is 5.53. The second-order valence-corrected chi connectivity index (χ2v) is 9.27. The zero-order valence-corrected chi connectivity index (χ0v) is 17.6. The lowest BCUT2D eigenvalue weighted by molar-refractivity contribution is -0.122. The molecule has 0 saturated carbocycles. The smallest absolute Gasteiger partial charge is 0.268 e. The van der Waals surface area contributed by atoms with Gasteiger partial charge in [-0.1, -0.05) is 17.7 Å². The van der Waals surface area contributed by atoms with E-state index in [2.05, 4.69) is 0 Å². The lowest BCUT2D eigenvalue weighted by Gasteiger charge is -2.19. The summed E-state index contributed by atoms with van der Waals surface area (Å²) in [5.41, 5.74) is 1.81. The number of methoxy groups -OCH3 is 1. The standard InChI is InChI=1S/C21H25NO6S/c1-15-4-7-17(8-5-15)28-19-10-11-22(21(19)23)16-6-9-18(20(14-16)26-2)27-12-13-29(3,24)25/h4-9,14,19H,10-13H2,1-3H3. The Hall–Kier alpha value is -2.74. The van der Waals surface area contributed by atoms with Gasteiger partial charge in [-0.25, -0.2) is 8.42 Å². The highest BCUT2D eigenvalue weighted by Crippen LogP contribution is 2.34. The van der Waals surface area contributed by atoms with E-state index in [9.17, 15) is 13.2 Å². The van der Waals surface area contributed by atoms with E-state index in [4.69, 9.17) is 14.2 Å². The third kappa shape index (κ3) is 5.41. The number of anilines is 1. The first-order chi connectivity index (χ1) is 13.8. The number of benzene rings is 2. The molecule has 0 radical (unpaired) electrons. The van der Waals surface area contributed by atoms with Gasteiger partial charge in [0, 0.05) is 31.0 Å². The zero-order valence-electron chi connectivity index (χ0n) is 16.8. The Morgan fingerprint density at radius 1 is 1.10 bits per heavy atom. The molecule has 1 atom stereocenters. The molecule has 7 nitrogen and oxygen atoms in total. The first-order valence-electron chi connectivity index (χ1n) is 9.30. The molecule has 2 aromatic rings. The van der Waals surface area contributed by atoms with Gasteiger partial charge < -0.3 is 19.1 Å². The van der Waals surface area contributed by atoms with Crippen LogP contribution in [-0.4, -0.2) is 52.7 Å². The van der Waals surface area contributed by atoms with Crippen molar-refractivity contribution in [2.45, 2.75) is 19.4 Å². The molecule has 156 valence electrons. The molecule has 0 bridgehead atoms. The molecular formula is C21H25NO6S. The number of ether oxygens (including phenoxy) is 3. The van der Waals surface area contributed by atoms with Crippen LogP contribution < -0.4 is 19.1 Å². The summed E-state index contributed by atoms with van der Waals surface area (Å²) in [7, 11) is -1.61. The van der Waals surface area contributed by atoms with E-state index < -0.39 is 15.9 Å². The normalized spacial score (nSPS) is 16.7. The molecule has 1 unspecified atom stereocenters. The van der Waals surface area contributed by atoms with E-state index in [0.717, 1.165) is 11.8 Å². The number of carbonyl (C=O) groups is 1. The average Bonchev–Trinajstić information content (AvgIpc) is 3.03. The summed E-state index contributed by atoms with van der Waals surface area (Å²) in [6, 6.07) is 12.7. The minimum absolute atomic E-state index is 0.0314. The largest absolute Gasteiger partial charge is 0.493 e. The third-order valence-electron chi connectivity index (χ3n) is 4.63. The number of carbonyl (C=O) groups excluding carboxylic acids is 1. The first-order valence-corrected chi connectivity index (χ1v) is 11.4. The van der Waals surface area contributed by atoms with E-state index in [-0.39, 0.29) is 18.3 Å². The number of hydrogen-bond donors (Lipinski definition) is 0. The van der Waals surface area contributed by atoms with E-state index in [1.54, 1.807) is 23.1 Å². The van der Waals surface area contributed by atoms with Gasteiger partial charge in [-0.3, -0.25) is 4.79 Å². The molecule has 0 N–H and O–H groups in total. The number of sulfone groups is 1. The highest BCUT2D eigenvalue weighted by atomic mass is 32.2. The van der Waals surface area contributed by atoms with Gasteiger partial charge >= 0.3 is 0 Å². The second-order valence-electron chi connectivity index (χ2n) is 7.01. The van der Waals surface area contributed by atoms with Crippen LogP contribution in [0.3, 0.4) is 0 Å². The molecule has 8 heteroatoms. The van der Waals surface area contributed by atoms with Crippen LogP contribution in [0.25, 0.3) is 0 Å². The van der Waals surface area contributed by atoms with Gasteiger partial charge in [0.05, 0.1) is 12.9 Å². The SMILES string of the molecule is COc1cc(N2CCC(Oc3ccc(C)cc3)C2=O)ccc1OCCS(C)(=O)=O. The highest BCUT2D eigenvalue weighted by Gasteiger charge is 2.34. The van der Waals surface area contributed by atoms with E-state index in [0.29, 0.717) is 35.9 Å². The molecule has 0 aliphatic carbocycles. The number of nitrogens with zero attached hydrogens (tertiary/aromatic N) is 1. The van der Waals surface area contributed by atoms with Crippen molar-refractivity contribution in [2.24, 2.45) is 0 Å². The van der Waals surface area contributed by atoms with Crippen molar-refractivity contribution in [3.63, 3.8) is 0 Å². The Balaban J connectivity index is 1.68. The molecule has 0 aromatic heterocycles. The van der Waals surface area contributed by atoms with Crippen LogP contribution >= 0.6 is 0 Å². The van der Waals surface area contributed by atoms with Crippen molar-refractivity contribution in [3.05, 3.63) is 48.0 Å². The number of rotatable bonds is 8. The maximum absolute atomic E-state index is 12.8. The molecular weight excluding hydrogens is 394 g/mol. The minimum atomic E-state index is -3.11. The van der Waals surface area contributed by atoms with Crippen LogP contribution in [-0.2, 0) is 14.6 Å². The van der Waals surface area contributed by atoms with Crippen LogP contribution in [0.15, 0.2) is 42.5 Å². The van der Waals surface area contributed by atoms with Crippen molar-refractivity contribution in [2.75, 3.05) is 37.2 Å². The van der Waals surface area contributed by atoms with Gasteiger partial charge in [-0.2, -0.15) is 0 Å². The van der Waals surface area contributed by atoms with Crippen molar-refractivity contribution >= 4 is 21.4 Å². The van der Waals surface area contributed by atoms with Crippen molar-refractivity contribution in [1.29, 1.82) is 0 Å². The molecule has 1 fully saturated rings. The molecule has 2 aromatic carbocycles. The maximum Gasteiger partial charge on any atom is 0.268 e. The summed E-state index contributed by atoms with van der Waals surface area (Å²) >= 11 is 0. The van der Waals surface area contributed by atoms with Crippen LogP contribution in [0, 0.1) is 6.92 Å². The summed E-state index contributed by atoms with van der Waals surface area (Å²) in [6.07, 6.45) is 1.21. The Kier molecular flexibility index (Phi) is 6.32. The minimum Gasteiger partial charge on any atom is -0.493 e. The van der Waals surface area contributed by atoms with Gasteiger partial charge in [0.1, 0.15) is 12.4 Å². The van der Waals surface area contributed by atoms with Crippen molar-refractivity contribution in [3.8, 4) is 17.2 Å². The Labute approximate surface area is 171 Å². The summed E-state index contributed by atoms with van der Waals surface area (Å²) in [6.45, 7) is 2.56. The lowest BCUT2D eigenvalue weighted by Crippen LogP contribution is -2.32. The predicted molar refractivity (Wildman–Crippen MR) is 111 cm³/mol. The van der Waals surface area contributed by atoms with Crippen LogP contribution in [0.4, 0.5) is 5.69 Å². The van der Waals surface area contributed by atoms with Gasteiger partial charge in [-0.15, -0.1) is 0 Å². The molecule has 1 amide bonds. The van der Waals surface area contributed by atoms with Gasteiger partial charge in [0.25, 0.3) is 5.91 Å². The lowest BCUT2D eigenvalue weighted by atomic mass is 10.2. The van der Waals surface area contributed by atoms with Crippen LogP contribution in [0.5, 0.6) is 17.2 Å². The topological polar surface area (TPSA) is 82.1 Å². The first kappa shape index (κ1) is 21.0. The Morgan fingerprint density at radius 2 is 1.83 bits per heavy atom. The van der Waals surface area contributed by atoms with Crippen LogP contribution in [0.2, 0.25) is 0 Å². The number of aryl methyl sites for hydroxylation is 1.